The van der Waals surface area contributed by atoms with Gasteiger partial charge in [-0.1, -0.05) is 22.0 Å². The highest BCUT2D eigenvalue weighted by atomic mass is 79.9. The third kappa shape index (κ3) is 3.87. The van der Waals surface area contributed by atoms with Crippen LogP contribution >= 0.6 is 15.9 Å². The summed E-state index contributed by atoms with van der Waals surface area (Å²) < 4.78 is 30.2. The molecule has 2 aromatic carbocycles. The minimum absolute atomic E-state index is 0.186. The Morgan fingerprint density at radius 2 is 1.71 bits per heavy atom. The maximum Gasteiger partial charge on any atom is 0.337 e. The average molecular weight is 397 g/mol. The first-order valence-corrected chi connectivity index (χ1v) is 8.07. The van der Waals surface area contributed by atoms with Crippen molar-refractivity contribution in [2.75, 3.05) is 21.3 Å². The molecule has 4 nitrogen and oxygen atoms in total. The Bertz CT molecular complexity index is 746. The number of benzene rings is 2. The van der Waals surface area contributed by atoms with Gasteiger partial charge in [-0.15, -0.1) is 0 Å². The van der Waals surface area contributed by atoms with Crippen molar-refractivity contribution < 1.29 is 23.4 Å². The predicted molar refractivity (Wildman–Crippen MR) is 92.4 cm³/mol. The van der Waals surface area contributed by atoms with Gasteiger partial charge in [-0.2, -0.15) is 0 Å². The van der Waals surface area contributed by atoms with Gasteiger partial charge in [-0.25, -0.2) is 9.18 Å². The van der Waals surface area contributed by atoms with E-state index in [1.54, 1.807) is 24.3 Å². The molecule has 0 N–H and O–H groups in total. The number of hydrogen-bond donors (Lipinski definition) is 0. The monoisotopic (exact) mass is 396 g/mol. The van der Waals surface area contributed by atoms with Crippen molar-refractivity contribution in [3.8, 4) is 11.5 Å². The van der Waals surface area contributed by atoms with E-state index in [1.165, 1.54) is 21.3 Å². The first-order valence-electron chi connectivity index (χ1n) is 7.28. The summed E-state index contributed by atoms with van der Waals surface area (Å²) in [6.45, 7) is 0. The molecule has 2 rings (SSSR count). The lowest BCUT2D eigenvalue weighted by molar-refractivity contribution is 0.0600. The number of carbonyl (C=O) groups excluding carboxylic acids is 1. The van der Waals surface area contributed by atoms with Crippen LogP contribution in [0.3, 0.4) is 0 Å². The predicted octanol–water partition coefficient (Wildman–Crippen LogP) is 4.18. The first kappa shape index (κ1) is 18.3. The maximum absolute atomic E-state index is 14.5. The van der Waals surface area contributed by atoms with E-state index in [9.17, 15) is 9.18 Å². The summed E-state index contributed by atoms with van der Waals surface area (Å²) in [5.74, 6) is -0.150. The number of aryl methyl sites for hydroxylation is 1. The molecule has 0 aliphatic carbocycles. The van der Waals surface area contributed by atoms with Gasteiger partial charge in [0.05, 0.1) is 26.9 Å². The summed E-state index contributed by atoms with van der Waals surface area (Å²) in [4.78, 5) is 11.5. The van der Waals surface area contributed by atoms with Crippen LogP contribution in [0.25, 0.3) is 0 Å². The van der Waals surface area contributed by atoms with Gasteiger partial charge >= 0.3 is 5.97 Å². The summed E-state index contributed by atoms with van der Waals surface area (Å²) in [6.07, 6.45) is 1.00. The van der Waals surface area contributed by atoms with Crippen molar-refractivity contribution in [3.05, 3.63) is 57.3 Å². The standard InChI is InChI=1S/C18H18BrFO4/c1-22-15-8-9-16(23-2)17(20)13(15)7-6-11-4-5-12(10-14(11)19)18(21)24-3/h4-5,8-10H,6-7H2,1-3H3. The summed E-state index contributed by atoms with van der Waals surface area (Å²) in [7, 11) is 4.27. The van der Waals surface area contributed by atoms with Crippen LogP contribution in [0.1, 0.15) is 21.5 Å². The van der Waals surface area contributed by atoms with Crippen LogP contribution < -0.4 is 9.47 Å². The second-order valence-corrected chi connectivity index (χ2v) is 5.91. The molecule has 0 aliphatic heterocycles. The van der Waals surface area contributed by atoms with Crippen molar-refractivity contribution in [1.29, 1.82) is 0 Å². The molecule has 0 radical (unpaired) electrons. The molecule has 0 spiro atoms. The van der Waals surface area contributed by atoms with Gasteiger partial charge in [0.2, 0.25) is 0 Å². The van der Waals surface area contributed by atoms with Crippen LogP contribution in [0.5, 0.6) is 11.5 Å². The molecule has 0 amide bonds. The second kappa shape index (κ2) is 8.15. The van der Waals surface area contributed by atoms with Crippen LogP contribution in [-0.2, 0) is 17.6 Å². The summed E-state index contributed by atoms with van der Waals surface area (Å²) in [5.41, 5.74) is 1.87. The fourth-order valence-electron chi connectivity index (χ4n) is 2.42. The normalized spacial score (nSPS) is 10.4. The van der Waals surface area contributed by atoms with Crippen molar-refractivity contribution in [2.24, 2.45) is 0 Å². The van der Waals surface area contributed by atoms with Crippen molar-refractivity contribution in [2.45, 2.75) is 12.8 Å². The lowest BCUT2D eigenvalue weighted by Crippen LogP contribution is -2.04. The highest BCUT2D eigenvalue weighted by molar-refractivity contribution is 9.10. The minimum Gasteiger partial charge on any atom is -0.496 e. The Labute approximate surface area is 148 Å². The van der Waals surface area contributed by atoms with Gasteiger partial charge in [0.25, 0.3) is 0 Å². The van der Waals surface area contributed by atoms with Crippen molar-refractivity contribution in [1.82, 2.24) is 0 Å². The van der Waals surface area contributed by atoms with E-state index in [2.05, 4.69) is 15.9 Å². The molecule has 6 heteroatoms. The third-order valence-corrected chi connectivity index (χ3v) is 4.46. The zero-order chi connectivity index (χ0) is 17.7. The van der Waals surface area contributed by atoms with Crippen LogP contribution in [0.15, 0.2) is 34.8 Å². The number of rotatable bonds is 6. The average Bonchev–Trinajstić information content (AvgIpc) is 2.60. The quantitative estimate of drug-likeness (QED) is 0.687. The molecule has 0 heterocycles. The molecule has 2 aromatic rings. The lowest BCUT2D eigenvalue weighted by Gasteiger charge is -2.13. The minimum atomic E-state index is -0.417. The molecule has 0 aromatic heterocycles. The van der Waals surface area contributed by atoms with Crippen LogP contribution in [0.4, 0.5) is 4.39 Å². The maximum atomic E-state index is 14.5. The zero-order valence-corrected chi connectivity index (χ0v) is 15.3. The van der Waals surface area contributed by atoms with E-state index in [4.69, 9.17) is 14.2 Å². The molecule has 0 atom stereocenters. The molecule has 0 saturated carbocycles. The lowest BCUT2D eigenvalue weighted by atomic mass is 10.0. The number of ether oxygens (including phenoxy) is 3. The number of halogens is 2. The van der Waals surface area contributed by atoms with Crippen molar-refractivity contribution in [3.63, 3.8) is 0 Å². The molecule has 128 valence electrons. The zero-order valence-electron chi connectivity index (χ0n) is 13.7. The molecule has 24 heavy (non-hydrogen) atoms. The Morgan fingerprint density at radius 1 is 1.04 bits per heavy atom. The second-order valence-electron chi connectivity index (χ2n) is 5.06. The van der Waals surface area contributed by atoms with E-state index in [0.717, 1.165) is 10.0 Å². The van der Waals surface area contributed by atoms with E-state index < -0.39 is 11.8 Å². The number of hydrogen-bond acceptors (Lipinski definition) is 4. The molecule has 0 fully saturated rings. The fraction of sp³-hybridized carbons (Fsp3) is 0.278. The Kier molecular flexibility index (Phi) is 6.20. The Balaban J connectivity index is 2.24. The van der Waals surface area contributed by atoms with Gasteiger partial charge in [-0.05, 0) is 42.7 Å². The Morgan fingerprint density at radius 3 is 2.29 bits per heavy atom. The smallest absolute Gasteiger partial charge is 0.337 e. The van der Waals surface area contributed by atoms with Crippen LogP contribution in [0, 0.1) is 5.82 Å². The van der Waals surface area contributed by atoms with Crippen LogP contribution in [-0.4, -0.2) is 27.3 Å². The number of methoxy groups -OCH3 is 3. The summed E-state index contributed by atoms with van der Waals surface area (Å²) in [5, 5.41) is 0. The summed E-state index contributed by atoms with van der Waals surface area (Å²) in [6, 6.07) is 8.43. The number of esters is 1. The first-order chi connectivity index (χ1) is 11.5. The molecule has 0 bridgehead atoms. The van der Waals surface area contributed by atoms with Gasteiger partial charge in [0, 0.05) is 10.0 Å². The largest absolute Gasteiger partial charge is 0.496 e. The van der Waals surface area contributed by atoms with Gasteiger partial charge < -0.3 is 14.2 Å². The Hall–Kier alpha value is -2.08. The highest BCUT2D eigenvalue weighted by Crippen LogP contribution is 2.31. The molecule has 0 saturated heterocycles. The fourth-order valence-corrected chi connectivity index (χ4v) is 3.00. The van der Waals surface area contributed by atoms with Crippen molar-refractivity contribution >= 4 is 21.9 Å². The van der Waals surface area contributed by atoms with Gasteiger partial charge in [-0.3, -0.25) is 0 Å². The third-order valence-electron chi connectivity index (χ3n) is 3.72. The highest BCUT2D eigenvalue weighted by Gasteiger charge is 2.16. The molecule has 0 unspecified atom stereocenters. The van der Waals surface area contributed by atoms with Gasteiger partial charge in [0.15, 0.2) is 11.6 Å². The molecular weight excluding hydrogens is 379 g/mol. The summed E-state index contributed by atoms with van der Waals surface area (Å²) >= 11 is 3.44. The SMILES string of the molecule is COC(=O)c1ccc(CCc2c(OC)ccc(OC)c2F)c(Br)c1. The molecular formula is C18H18BrFO4. The van der Waals surface area contributed by atoms with E-state index in [0.29, 0.717) is 29.7 Å². The van der Waals surface area contributed by atoms with E-state index in [-0.39, 0.29) is 5.75 Å². The topological polar surface area (TPSA) is 44.8 Å². The van der Waals surface area contributed by atoms with Gasteiger partial charge in [0.1, 0.15) is 5.75 Å². The molecule has 0 aliphatic rings. The number of carbonyl (C=O) groups is 1. The van der Waals surface area contributed by atoms with Crippen LogP contribution in [0.2, 0.25) is 0 Å². The van der Waals surface area contributed by atoms with E-state index in [1.807, 2.05) is 6.07 Å². The van der Waals surface area contributed by atoms with E-state index >= 15 is 0 Å².